The van der Waals surface area contributed by atoms with Gasteiger partial charge >= 0.3 is 0 Å². The van der Waals surface area contributed by atoms with Crippen molar-refractivity contribution in [2.75, 3.05) is 6.54 Å². The van der Waals surface area contributed by atoms with Gasteiger partial charge in [-0.2, -0.15) is 0 Å². The van der Waals surface area contributed by atoms with Crippen LogP contribution in [0.3, 0.4) is 0 Å². The highest BCUT2D eigenvalue weighted by molar-refractivity contribution is 5.79. The molecule has 0 fully saturated rings. The monoisotopic (exact) mass is 248 g/mol. The van der Waals surface area contributed by atoms with Crippen molar-refractivity contribution in [1.82, 2.24) is 5.32 Å². The van der Waals surface area contributed by atoms with Gasteiger partial charge in [-0.05, 0) is 25.3 Å². The Morgan fingerprint density at radius 3 is 2.50 bits per heavy atom. The zero-order valence-corrected chi connectivity index (χ0v) is 11.6. The van der Waals surface area contributed by atoms with Crippen LogP contribution in [-0.2, 0) is 11.2 Å². The Morgan fingerprint density at radius 1 is 1.33 bits per heavy atom. The van der Waals surface area contributed by atoms with Crippen LogP contribution in [0.4, 0.5) is 0 Å². The average Bonchev–Trinajstić information content (AvgIpc) is 2.36. The molecular formula is C15H24N2O. The van der Waals surface area contributed by atoms with Gasteiger partial charge in [-0.3, -0.25) is 4.79 Å². The lowest BCUT2D eigenvalue weighted by atomic mass is 9.92. The molecular weight excluding hydrogens is 224 g/mol. The van der Waals surface area contributed by atoms with Gasteiger partial charge in [0.25, 0.3) is 0 Å². The molecule has 1 aromatic rings. The lowest BCUT2D eigenvalue weighted by Gasteiger charge is -2.31. The Morgan fingerprint density at radius 2 is 2.00 bits per heavy atom. The Balaban J connectivity index is 2.66. The van der Waals surface area contributed by atoms with Gasteiger partial charge in [-0.1, -0.05) is 43.7 Å². The lowest BCUT2D eigenvalue weighted by Crippen LogP contribution is -2.53. The van der Waals surface area contributed by atoms with Gasteiger partial charge in [0.1, 0.15) is 0 Å². The molecule has 100 valence electrons. The van der Waals surface area contributed by atoms with Crippen molar-refractivity contribution in [3.63, 3.8) is 0 Å². The van der Waals surface area contributed by atoms with Crippen LogP contribution >= 0.6 is 0 Å². The third-order valence-electron chi connectivity index (χ3n) is 3.60. The van der Waals surface area contributed by atoms with Crippen molar-refractivity contribution in [1.29, 1.82) is 0 Å². The first-order chi connectivity index (χ1) is 8.55. The third kappa shape index (κ3) is 3.84. The van der Waals surface area contributed by atoms with E-state index in [9.17, 15) is 4.79 Å². The highest BCUT2D eigenvalue weighted by Gasteiger charge is 2.25. The minimum Gasteiger partial charge on any atom is -0.349 e. The first-order valence-corrected chi connectivity index (χ1v) is 6.62. The number of nitrogens with one attached hydrogen (secondary N) is 1. The molecule has 0 spiro atoms. The second-order valence-electron chi connectivity index (χ2n) is 4.91. The van der Waals surface area contributed by atoms with Crippen LogP contribution in [0.5, 0.6) is 0 Å². The molecule has 0 heterocycles. The summed E-state index contributed by atoms with van der Waals surface area (Å²) >= 11 is 0. The van der Waals surface area contributed by atoms with Crippen molar-refractivity contribution in [3.8, 4) is 0 Å². The van der Waals surface area contributed by atoms with E-state index in [2.05, 4.69) is 19.2 Å². The van der Waals surface area contributed by atoms with E-state index in [0.717, 1.165) is 18.4 Å². The molecule has 1 aromatic carbocycles. The van der Waals surface area contributed by atoms with Crippen molar-refractivity contribution >= 4 is 5.91 Å². The topological polar surface area (TPSA) is 55.1 Å². The predicted octanol–water partition coefficient (Wildman–Crippen LogP) is 2.17. The van der Waals surface area contributed by atoms with Crippen molar-refractivity contribution in [2.24, 2.45) is 5.73 Å². The van der Waals surface area contributed by atoms with Crippen LogP contribution in [0, 0.1) is 6.92 Å². The Hall–Kier alpha value is -1.35. The highest BCUT2D eigenvalue weighted by Crippen LogP contribution is 2.14. The molecule has 0 aromatic heterocycles. The minimum absolute atomic E-state index is 0.0507. The van der Waals surface area contributed by atoms with Gasteiger partial charge < -0.3 is 11.1 Å². The summed E-state index contributed by atoms with van der Waals surface area (Å²) < 4.78 is 0. The molecule has 0 aliphatic carbocycles. The second kappa shape index (κ2) is 6.55. The van der Waals surface area contributed by atoms with Crippen LogP contribution in [0.25, 0.3) is 0 Å². The number of amides is 1. The minimum atomic E-state index is -0.249. The molecule has 0 saturated carbocycles. The van der Waals surface area contributed by atoms with E-state index in [1.54, 1.807) is 0 Å². The van der Waals surface area contributed by atoms with Gasteiger partial charge in [-0.15, -0.1) is 0 Å². The van der Waals surface area contributed by atoms with E-state index in [0.29, 0.717) is 13.0 Å². The number of carbonyl (C=O) groups excluding carboxylic acids is 1. The third-order valence-corrected chi connectivity index (χ3v) is 3.60. The molecule has 0 radical (unpaired) electrons. The Bertz CT molecular complexity index is 389. The molecule has 3 nitrogen and oxygen atoms in total. The summed E-state index contributed by atoms with van der Waals surface area (Å²) in [5.41, 5.74) is 7.75. The number of hydrogen-bond acceptors (Lipinski definition) is 2. The van der Waals surface area contributed by atoms with Crippen molar-refractivity contribution in [2.45, 2.75) is 45.6 Å². The molecule has 3 heteroatoms. The van der Waals surface area contributed by atoms with E-state index in [1.165, 1.54) is 5.56 Å². The van der Waals surface area contributed by atoms with Crippen LogP contribution in [0.2, 0.25) is 0 Å². The molecule has 1 rings (SSSR count). The predicted molar refractivity (Wildman–Crippen MR) is 75.4 cm³/mol. The number of hydrogen-bond donors (Lipinski definition) is 2. The summed E-state index contributed by atoms with van der Waals surface area (Å²) in [7, 11) is 0. The summed E-state index contributed by atoms with van der Waals surface area (Å²) in [5.74, 6) is 0.0507. The maximum atomic E-state index is 12.0. The fourth-order valence-corrected chi connectivity index (χ4v) is 2.11. The Labute approximate surface area is 110 Å². The summed E-state index contributed by atoms with van der Waals surface area (Å²) in [6, 6.07) is 8.04. The van der Waals surface area contributed by atoms with Gasteiger partial charge in [0, 0.05) is 6.54 Å². The first kappa shape index (κ1) is 14.7. The average molecular weight is 248 g/mol. The van der Waals surface area contributed by atoms with Gasteiger partial charge in [0.2, 0.25) is 5.91 Å². The fourth-order valence-electron chi connectivity index (χ4n) is 2.11. The van der Waals surface area contributed by atoms with E-state index >= 15 is 0 Å². The van der Waals surface area contributed by atoms with Gasteiger partial charge in [0.15, 0.2) is 0 Å². The summed E-state index contributed by atoms with van der Waals surface area (Å²) in [6.45, 7) is 6.63. The largest absolute Gasteiger partial charge is 0.349 e. The summed E-state index contributed by atoms with van der Waals surface area (Å²) in [6.07, 6.45) is 2.14. The van der Waals surface area contributed by atoms with E-state index in [-0.39, 0.29) is 11.4 Å². The number of benzene rings is 1. The first-order valence-electron chi connectivity index (χ1n) is 6.62. The zero-order valence-electron chi connectivity index (χ0n) is 11.6. The van der Waals surface area contributed by atoms with Crippen LogP contribution in [-0.4, -0.2) is 18.0 Å². The molecule has 18 heavy (non-hydrogen) atoms. The van der Waals surface area contributed by atoms with E-state index in [1.807, 2.05) is 31.2 Å². The van der Waals surface area contributed by atoms with Crippen LogP contribution < -0.4 is 11.1 Å². The molecule has 1 amide bonds. The lowest BCUT2D eigenvalue weighted by molar-refractivity contribution is -0.122. The van der Waals surface area contributed by atoms with E-state index < -0.39 is 0 Å². The number of rotatable bonds is 6. The summed E-state index contributed by atoms with van der Waals surface area (Å²) in [5, 5.41) is 3.08. The molecule has 0 atom stereocenters. The molecule has 0 saturated heterocycles. The highest BCUT2D eigenvalue weighted by atomic mass is 16.1. The molecule has 0 unspecified atom stereocenters. The van der Waals surface area contributed by atoms with Crippen molar-refractivity contribution < 1.29 is 4.79 Å². The Kier molecular flexibility index (Phi) is 5.35. The fraction of sp³-hybridized carbons (Fsp3) is 0.533. The number of nitrogens with two attached hydrogens (primary N) is 1. The standard InChI is InChI=1S/C15H24N2O/c1-4-15(5-2,11-16)17-14(18)10-13-8-6-7-12(3)9-13/h6-9H,4-5,10-11,16H2,1-3H3,(H,17,18). The molecule has 0 aliphatic heterocycles. The number of aryl methyl sites for hydroxylation is 1. The maximum Gasteiger partial charge on any atom is 0.224 e. The van der Waals surface area contributed by atoms with Crippen molar-refractivity contribution in [3.05, 3.63) is 35.4 Å². The molecule has 0 aliphatic rings. The van der Waals surface area contributed by atoms with Crippen LogP contribution in [0.15, 0.2) is 24.3 Å². The smallest absolute Gasteiger partial charge is 0.224 e. The maximum absolute atomic E-state index is 12.0. The summed E-state index contributed by atoms with van der Waals surface area (Å²) in [4.78, 5) is 12.0. The molecule has 3 N–H and O–H groups in total. The molecule has 0 bridgehead atoms. The second-order valence-corrected chi connectivity index (χ2v) is 4.91. The normalized spacial score (nSPS) is 11.3. The van der Waals surface area contributed by atoms with Gasteiger partial charge in [0.05, 0.1) is 12.0 Å². The van der Waals surface area contributed by atoms with E-state index in [4.69, 9.17) is 5.73 Å². The quantitative estimate of drug-likeness (QED) is 0.810. The zero-order chi connectivity index (χ0) is 13.6. The number of carbonyl (C=O) groups is 1. The van der Waals surface area contributed by atoms with Crippen LogP contribution in [0.1, 0.15) is 37.8 Å². The van der Waals surface area contributed by atoms with Gasteiger partial charge in [-0.25, -0.2) is 0 Å². The SMILES string of the molecule is CCC(CC)(CN)NC(=O)Cc1cccc(C)c1.